The van der Waals surface area contributed by atoms with Gasteiger partial charge in [0.2, 0.25) is 0 Å². The summed E-state index contributed by atoms with van der Waals surface area (Å²) in [7, 11) is 0. The minimum atomic E-state index is -0.302. The average Bonchev–Trinajstić information content (AvgIpc) is 2.08. The van der Waals surface area contributed by atoms with Gasteiger partial charge < -0.3 is 5.21 Å². The first-order chi connectivity index (χ1) is 5.65. The Balaban J connectivity index is 2.96. The lowest BCUT2D eigenvalue weighted by molar-refractivity contribution is 0.133. The predicted molar refractivity (Wildman–Crippen MR) is 47.4 cm³/mol. The fourth-order valence-corrected chi connectivity index (χ4v) is 1.25. The van der Waals surface area contributed by atoms with E-state index in [0.717, 1.165) is 5.56 Å². The minimum absolute atomic E-state index is 0.193. The summed E-state index contributed by atoms with van der Waals surface area (Å²) in [4.78, 5) is 0. The normalized spacial score (nSPS) is 13.0. The van der Waals surface area contributed by atoms with Crippen LogP contribution in [0.3, 0.4) is 0 Å². The van der Waals surface area contributed by atoms with Gasteiger partial charge in [0.1, 0.15) is 5.82 Å². The Kier molecular flexibility index (Phi) is 3.20. The van der Waals surface area contributed by atoms with Crippen molar-refractivity contribution in [1.29, 1.82) is 0 Å². The molecule has 4 heteroatoms. The number of hydrogen-bond donors (Lipinski definition) is 2. The third kappa shape index (κ3) is 2.03. The summed E-state index contributed by atoms with van der Waals surface area (Å²) in [6.45, 7) is 1.78. The number of benzene rings is 1. The van der Waals surface area contributed by atoms with Gasteiger partial charge in [0, 0.05) is 0 Å². The molecule has 0 saturated carbocycles. The standard InChI is InChI=1S/C8H9BrFNO/c1-5(11-12)6-2-3-8(10)7(9)4-6/h2-5,11-12H,1H3/t5-/m0/s1. The van der Waals surface area contributed by atoms with Crippen molar-refractivity contribution in [3.8, 4) is 0 Å². The van der Waals surface area contributed by atoms with Crippen LogP contribution in [0.15, 0.2) is 22.7 Å². The third-order valence-electron chi connectivity index (χ3n) is 1.64. The number of nitrogens with one attached hydrogen (secondary N) is 1. The maximum atomic E-state index is 12.7. The zero-order valence-corrected chi connectivity index (χ0v) is 8.10. The summed E-state index contributed by atoms with van der Waals surface area (Å²) in [6.07, 6.45) is 0. The highest BCUT2D eigenvalue weighted by atomic mass is 79.9. The van der Waals surface area contributed by atoms with Gasteiger partial charge in [-0.05, 0) is 40.5 Å². The molecule has 0 aliphatic heterocycles. The summed E-state index contributed by atoms with van der Waals surface area (Å²) >= 11 is 3.06. The number of hydrogen-bond acceptors (Lipinski definition) is 2. The highest BCUT2D eigenvalue weighted by molar-refractivity contribution is 9.10. The second kappa shape index (κ2) is 3.98. The molecule has 2 N–H and O–H groups in total. The van der Waals surface area contributed by atoms with E-state index in [2.05, 4.69) is 21.4 Å². The lowest BCUT2D eigenvalue weighted by atomic mass is 10.1. The Morgan fingerprint density at radius 1 is 1.58 bits per heavy atom. The molecule has 0 heterocycles. The molecule has 0 aliphatic rings. The van der Waals surface area contributed by atoms with E-state index in [1.54, 1.807) is 19.1 Å². The molecule has 0 radical (unpaired) electrons. The summed E-state index contributed by atoms with van der Waals surface area (Å²) in [5.74, 6) is -0.302. The second-order valence-electron chi connectivity index (χ2n) is 2.52. The summed E-state index contributed by atoms with van der Waals surface area (Å²) in [5.41, 5.74) is 2.91. The molecular weight excluding hydrogens is 225 g/mol. The van der Waals surface area contributed by atoms with Crippen LogP contribution >= 0.6 is 15.9 Å². The van der Waals surface area contributed by atoms with Crippen LogP contribution in [0.1, 0.15) is 18.5 Å². The van der Waals surface area contributed by atoms with Crippen LogP contribution < -0.4 is 5.48 Å². The molecule has 0 unspecified atom stereocenters. The second-order valence-corrected chi connectivity index (χ2v) is 3.38. The number of rotatable bonds is 2. The van der Waals surface area contributed by atoms with E-state index in [0.29, 0.717) is 4.47 Å². The molecule has 0 bridgehead atoms. The van der Waals surface area contributed by atoms with E-state index < -0.39 is 0 Å². The van der Waals surface area contributed by atoms with Crippen molar-refractivity contribution >= 4 is 15.9 Å². The lowest BCUT2D eigenvalue weighted by Crippen LogP contribution is -2.13. The fraction of sp³-hybridized carbons (Fsp3) is 0.250. The molecule has 1 atom stereocenters. The van der Waals surface area contributed by atoms with E-state index in [1.807, 2.05) is 0 Å². The van der Waals surface area contributed by atoms with Crippen LogP contribution in [0.2, 0.25) is 0 Å². The van der Waals surface area contributed by atoms with Crippen LogP contribution in [0.5, 0.6) is 0 Å². The highest BCUT2D eigenvalue weighted by Crippen LogP contribution is 2.20. The molecular formula is C8H9BrFNO. The van der Waals surface area contributed by atoms with Crippen molar-refractivity contribution in [3.05, 3.63) is 34.1 Å². The number of hydroxylamine groups is 1. The van der Waals surface area contributed by atoms with Gasteiger partial charge in [-0.3, -0.25) is 0 Å². The predicted octanol–water partition coefficient (Wildman–Crippen LogP) is 2.63. The zero-order valence-electron chi connectivity index (χ0n) is 6.51. The molecule has 0 spiro atoms. The van der Waals surface area contributed by atoms with Crippen molar-refractivity contribution in [2.24, 2.45) is 0 Å². The third-order valence-corrected chi connectivity index (χ3v) is 2.25. The molecule has 0 aromatic heterocycles. The Hall–Kier alpha value is -0.450. The number of halogens is 2. The van der Waals surface area contributed by atoms with Gasteiger partial charge >= 0.3 is 0 Å². The topological polar surface area (TPSA) is 32.3 Å². The molecule has 12 heavy (non-hydrogen) atoms. The van der Waals surface area contributed by atoms with Gasteiger partial charge in [0.25, 0.3) is 0 Å². The van der Waals surface area contributed by atoms with Crippen LogP contribution in [0.4, 0.5) is 4.39 Å². The van der Waals surface area contributed by atoms with E-state index in [-0.39, 0.29) is 11.9 Å². The summed E-state index contributed by atoms with van der Waals surface area (Å²) in [6, 6.07) is 4.41. The molecule has 1 aromatic rings. The smallest absolute Gasteiger partial charge is 0.137 e. The van der Waals surface area contributed by atoms with E-state index in [1.165, 1.54) is 6.07 Å². The van der Waals surface area contributed by atoms with E-state index >= 15 is 0 Å². The van der Waals surface area contributed by atoms with Crippen LogP contribution in [-0.4, -0.2) is 5.21 Å². The SMILES string of the molecule is C[C@H](NO)c1ccc(F)c(Br)c1. The van der Waals surface area contributed by atoms with Gasteiger partial charge in [0.15, 0.2) is 0 Å². The van der Waals surface area contributed by atoms with Gasteiger partial charge in [-0.25, -0.2) is 4.39 Å². The van der Waals surface area contributed by atoms with Crippen LogP contribution in [0.25, 0.3) is 0 Å². The maximum absolute atomic E-state index is 12.7. The Bertz CT molecular complexity index is 280. The zero-order chi connectivity index (χ0) is 9.14. The first kappa shape index (κ1) is 9.64. The molecule has 66 valence electrons. The Morgan fingerprint density at radius 2 is 2.25 bits per heavy atom. The van der Waals surface area contributed by atoms with Crippen molar-refractivity contribution in [1.82, 2.24) is 5.48 Å². The molecule has 0 amide bonds. The Labute approximate surface area is 78.5 Å². The molecule has 1 aromatic carbocycles. The molecule has 0 saturated heterocycles. The Morgan fingerprint density at radius 3 is 2.75 bits per heavy atom. The molecule has 0 fully saturated rings. The largest absolute Gasteiger partial charge is 0.316 e. The van der Waals surface area contributed by atoms with Crippen LogP contribution in [0, 0.1) is 5.82 Å². The summed E-state index contributed by atoms with van der Waals surface area (Å²) < 4.78 is 13.1. The molecule has 2 nitrogen and oxygen atoms in total. The maximum Gasteiger partial charge on any atom is 0.137 e. The average molecular weight is 234 g/mol. The molecule has 1 rings (SSSR count). The fourth-order valence-electron chi connectivity index (χ4n) is 0.856. The highest BCUT2D eigenvalue weighted by Gasteiger charge is 2.05. The monoisotopic (exact) mass is 233 g/mol. The van der Waals surface area contributed by atoms with Gasteiger partial charge in [0.05, 0.1) is 10.5 Å². The van der Waals surface area contributed by atoms with Crippen molar-refractivity contribution in [3.63, 3.8) is 0 Å². The first-order valence-electron chi connectivity index (χ1n) is 3.49. The van der Waals surface area contributed by atoms with Gasteiger partial charge in [-0.15, -0.1) is 0 Å². The van der Waals surface area contributed by atoms with Gasteiger partial charge in [-0.1, -0.05) is 6.07 Å². The lowest BCUT2D eigenvalue weighted by Gasteiger charge is -2.09. The minimum Gasteiger partial charge on any atom is -0.316 e. The quantitative estimate of drug-likeness (QED) is 0.771. The van der Waals surface area contributed by atoms with Crippen molar-refractivity contribution in [2.45, 2.75) is 13.0 Å². The van der Waals surface area contributed by atoms with E-state index in [4.69, 9.17) is 5.21 Å². The van der Waals surface area contributed by atoms with Crippen LogP contribution in [-0.2, 0) is 0 Å². The summed E-state index contributed by atoms with van der Waals surface area (Å²) in [5, 5.41) is 8.59. The van der Waals surface area contributed by atoms with E-state index in [9.17, 15) is 4.39 Å². The van der Waals surface area contributed by atoms with Crippen molar-refractivity contribution in [2.75, 3.05) is 0 Å². The first-order valence-corrected chi connectivity index (χ1v) is 4.29. The van der Waals surface area contributed by atoms with Gasteiger partial charge in [-0.2, -0.15) is 5.48 Å². The van der Waals surface area contributed by atoms with Crippen molar-refractivity contribution < 1.29 is 9.60 Å². The molecule has 0 aliphatic carbocycles.